The van der Waals surface area contributed by atoms with Crippen LogP contribution in [0.4, 0.5) is 11.4 Å². The second kappa shape index (κ2) is 6.56. The molecule has 0 unspecified atom stereocenters. The van der Waals surface area contributed by atoms with Crippen LogP contribution in [0.25, 0.3) is 0 Å². The first-order chi connectivity index (χ1) is 10.0. The summed E-state index contributed by atoms with van der Waals surface area (Å²) in [5, 5.41) is 11.5. The van der Waals surface area contributed by atoms with E-state index in [1.807, 2.05) is 0 Å². The molecule has 2 aromatic carbocycles. The topological polar surface area (TPSA) is 64.7 Å². The number of rotatable bonds is 4. The number of benzene rings is 2. The van der Waals surface area contributed by atoms with Crippen molar-refractivity contribution >= 4 is 40.8 Å². The average Bonchev–Trinajstić information content (AvgIpc) is 2.46. The van der Waals surface area contributed by atoms with Gasteiger partial charge in [0, 0.05) is 28.9 Å². The quantitative estimate of drug-likeness (QED) is 0.466. The molecular weight excluding hydrogens is 315 g/mol. The second-order valence-electron chi connectivity index (χ2n) is 4.04. The molecule has 0 aliphatic rings. The van der Waals surface area contributed by atoms with Gasteiger partial charge in [-0.05, 0) is 24.3 Å². The lowest BCUT2D eigenvalue weighted by Gasteiger charge is -2.03. The molecule has 2 aromatic rings. The van der Waals surface area contributed by atoms with E-state index in [1.165, 1.54) is 31.5 Å². The Morgan fingerprint density at radius 2 is 1.95 bits per heavy atom. The van der Waals surface area contributed by atoms with E-state index in [-0.39, 0.29) is 5.69 Å². The molecule has 0 fully saturated rings. The number of hydrogen-bond acceptors (Lipinski definition) is 4. The molecule has 21 heavy (non-hydrogen) atoms. The van der Waals surface area contributed by atoms with Crippen molar-refractivity contribution < 1.29 is 9.66 Å². The Labute approximate surface area is 130 Å². The van der Waals surface area contributed by atoms with Crippen LogP contribution in [-0.4, -0.2) is 18.2 Å². The van der Waals surface area contributed by atoms with E-state index in [0.29, 0.717) is 27.0 Å². The Hall–Kier alpha value is -2.11. The van der Waals surface area contributed by atoms with E-state index in [4.69, 9.17) is 27.9 Å². The third-order valence-corrected chi connectivity index (χ3v) is 3.32. The summed E-state index contributed by atoms with van der Waals surface area (Å²) in [5.74, 6) is 0.545. The van der Waals surface area contributed by atoms with Crippen LogP contribution >= 0.6 is 23.2 Å². The van der Waals surface area contributed by atoms with Crippen LogP contribution in [0.2, 0.25) is 10.0 Å². The first kappa shape index (κ1) is 15.3. The maximum Gasteiger partial charge on any atom is 0.270 e. The summed E-state index contributed by atoms with van der Waals surface area (Å²) in [6.07, 6.45) is 1.45. The van der Waals surface area contributed by atoms with Crippen molar-refractivity contribution in [2.75, 3.05) is 7.11 Å². The molecule has 0 bridgehead atoms. The van der Waals surface area contributed by atoms with E-state index < -0.39 is 4.92 Å². The normalized spacial score (nSPS) is 10.8. The SMILES string of the molecule is COc1ccc(N=Cc2cc([N+](=O)[O-])ccc2Cl)cc1Cl. The summed E-state index contributed by atoms with van der Waals surface area (Å²) in [6.45, 7) is 0. The summed E-state index contributed by atoms with van der Waals surface area (Å²) in [5.41, 5.74) is 0.995. The van der Waals surface area contributed by atoms with E-state index in [2.05, 4.69) is 4.99 Å². The van der Waals surface area contributed by atoms with Crippen LogP contribution in [0.15, 0.2) is 41.4 Å². The first-order valence-corrected chi connectivity index (χ1v) is 6.58. The number of halogens is 2. The lowest BCUT2D eigenvalue weighted by molar-refractivity contribution is -0.384. The van der Waals surface area contributed by atoms with E-state index in [9.17, 15) is 10.1 Å². The van der Waals surface area contributed by atoms with E-state index >= 15 is 0 Å². The van der Waals surface area contributed by atoms with Crippen molar-refractivity contribution in [1.82, 2.24) is 0 Å². The van der Waals surface area contributed by atoms with Gasteiger partial charge in [-0.25, -0.2) is 0 Å². The molecule has 108 valence electrons. The molecule has 0 N–H and O–H groups in total. The first-order valence-electron chi connectivity index (χ1n) is 5.83. The highest BCUT2D eigenvalue weighted by molar-refractivity contribution is 6.33. The zero-order valence-corrected chi connectivity index (χ0v) is 12.4. The van der Waals surface area contributed by atoms with Gasteiger partial charge in [0.1, 0.15) is 5.75 Å². The van der Waals surface area contributed by atoms with Gasteiger partial charge in [-0.2, -0.15) is 0 Å². The van der Waals surface area contributed by atoms with Crippen molar-refractivity contribution in [2.24, 2.45) is 4.99 Å². The molecule has 0 spiro atoms. The number of nitrogens with zero attached hydrogens (tertiary/aromatic N) is 2. The number of nitro groups is 1. The number of nitro benzene ring substituents is 1. The van der Waals surface area contributed by atoms with Crippen LogP contribution in [0, 0.1) is 10.1 Å². The molecule has 0 atom stereocenters. The third-order valence-electron chi connectivity index (χ3n) is 2.68. The number of non-ortho nitro benzene ring substituents is 1. The van der Waals surface area contributed by atoms with Gasteiger partial charge >= 0.3 is 0 Å². The van der Waals surface area contributed by atoms with Gasteiger partial charge in [-0.1, -0.05) is 23.2 Å². The Morgan fingerprint density at radius 3 is 2.57 bits per heavy atom. The fourth-order valence-electron chi connectivity index (χ4n) is 1.62. The fraction of sp³-hybridized carbons (Fsp3) is 0.0714. The minimum Gasteiger partial charge on any atom is -0.495 e. The Kier molecular flexibility index (Phi) is 4.77. The number of ether oxygens (including phenoxy) is 1. The highest BCUT2D eigenvalue weighted by Crippen LogP contribution is 2.29. The molecular formula is C14H10Cl2N2O3. The molecule has 0 aliphatic carbocycles. The highest BCUT2D eigenvalue weighted by Gasteiger charge is 2.08. The zero-order chi connectivity index (χ0) is 15.4. The van der Waals surface area contributed by atoms with Gasteiger partial charge in [0.2, 0.25) is 0 Å². The molecule has 0 saturated carbocycles. The van der Waals surface area contributed by atoms with Crippen molar-refractivity contribution in [1.29, 1.82) is 0 Å². The van der Waals surface area contributed by atoms with Crippen molar-refractivity contribution in [3.63, 3.8) is 0 Å². The number of hydrogen-bond donors (Lipinski definition) is 0. The monoisotopic (exact) mass is 324 g/mol. The zero-order valence-electron chi connectivity index (χ0n) is 10.9. The minimum absolute atomic E-state index is 0.0476. The molecule has 0 saturated heterocycles. The van der Waals surface area contributed by atoms with Crippen LogP contribution in [0.3, 0.4) is 0 Å². The van der Waals surface area contributed by atoms with Crippen LogP contribution < -0.4 is 4.74 Å². The van der Waals surface area contributed by atoms with Crippen molar-refractivity contribution in [3.05, 3.63) is 62.1 Å². The molecule has 0 heterocycles. The largest absolute Gasteiger partial charge is 0.495 e. The van der Waals surface area contributed by atoms with E-state index in [0.717, 1.165) is 0 Å². The number of methoxy groups -OCH3 is 1. The van der Waals surface area contributed by atoms with Crippen molar-refractivity contribution in [2.45, 2.75) is 0 Å². The van der Waals surface area contributed by atoms with Gasteiger partial charge in [0.05, 0.1) is 22.7 Å². The molecule has 0 radical (unpaired) electrons. The lowest BCUT2D eigenvalue weighted by Crippen LogP contribution is -1.90. The molecule has 0 amide bonds. The summed E-state index contributed by atoms with van der Waals surface area (Å²) in [4.78, 5) is 14.5. The Balaban J connectivity index is 2.30. The molecule has 5 nitrogen and oxygen atoms in total. The Morgan fingerprint density at radius 1 is 1.19 bits per heavy atom. The summed E-state index contributed by atoms with van der Waals surface area (Å²) in [6, 6.07) is 9.18. The van der Waals surface area contributed by atoms with Gasteiger partial charge in [-0.3, -0.25) is 15.1 Å². The summed E-state index contributed by atoms with van der Waals surface area (Å²) in [7, 11) is 1.52. The van der Waals surface area contributed by atoms with Crippen LogP contribution in [0.1, 0.15) is 5.56 Å². The van der Waals surface area contributed by atoms with Crippen LogP contribution in [0.5, 0.6) is 5.75 Å². The fourth-order valence-corrected chi connectivity index (χ4v) is 2.04. The summed E-state index contributed by atoms with van der Waals surface area (Å²) < 4.78 is 5.04. The molecule has 0 aliphatic heterocycles. The molecule has 7 heteroatoms. The predicted octanol–water partition coefficient (Wildman–Crippen LogP) is 4.66. The van der Waals surface area contributed by atoms with Crippen molar-refractivity contribution in [3.8, 4) is 5.75 Å². The smallest absolute Gasteiger partial charge is 0.270 e. The lowest BCUT2D eigenvalue weighted by atomic mass is 10.2. The number of aliphatic imine (C=N–C) groups is 1. The molecule has 0 aromatic heterocycles. The average molecular weight is 325 g/mol. The van der Waals surface area contributed by atoms with Gasteiger partial charge in [0.25, 0.3) is 5.69 Å². The maximum absolute atomic E-state index is 10.7. The minimum atomic E-state index is -0.488. The highest BCUT2D eigenvalue weighted by atomic mass is 35.5. The van der Waals surface area contributed by atoms with E-state index in [1.54, 1.807) is 18.2 Å². The molecule has 2 rings (SSSR count). The van der Waals surface area contributed by atoms with Gasteiger partial charge < -0.3 is 4.74 Å². The van der Waals surface area contributed by atoms with Gasteiger partial charge in [-0.15, -0.1) is 0 Å². The van der Waals surface area contributed by atoms with Crippen LogP contribution in [-0.2, 0) is 0 Å². The summed E-state index contributed by atoms with van der Waals surface area (Å²) >= 11 is 12.0. The Bertz CT molecular complexity index is 717. The van der Waals surface area contributed by atoms with Gasteiger partial charge in [0.15, 0.2) is 0 Å². The maximum atomic E-state index is 10.7. The third kappa shape index (κ3) is 3.71. The predicted molar refractivity (Wildman–Crippen MR) is 83.4 cm³/mol. The second-order valence-corrected chi connectivity index (χ2v) is 4.85. The standard InChI is InChI=1S/C14H10Cl2N2O3/c1-21-14-5-2-10(7-13(14)16)17-8-9-6-11(18(19)20)3-4-12(9)15/h2-8H,1H3.